The van der Waals surface area contributed by atoms with Gasteiger partial charge >= 0.3 is 0 Å². The zero-order valence-corrected chi connectivity index (χ0v) is 30.8. The van der Waals surface area contributed by atoms with Gasteiger partial charge in [0, 0.05) is 40.3 Å². The van der Waals surface area contributed by atoms with Gasteiger partial charge in [-0.05, 0) is 119 Å². The summed E-state index contributed by atoms with van der Waals surface area (Å²) in [6.45, 7) is 0. The van der Waals surface area contributed by atoms with Crippen molar-refractivity contribution in [3.8, 4) is 33.4 Å². The zero-order chi connectivity index (χ0) is 35.3. The summed E-state index contributed by atoms with van der Waals surface area (Å²) in [6, 6.07) is 67.8. The van der Waals surface area contributed by atoms with Gasteiger partial charge in [0.05, 0.1) is 0 Å². The van der Waals surface area contributed by atoms with Crippen LogP contribution >= 0.6 is 22.7 Å². The van der Waals surface area contributed by atoms with Crippen LogP contribution in [0.25, 0.3) is 117 Å². The molecule has 10 aromatic carbocycles. The molecule has 2 aromatic heterocycles. The van der Waals surface area contributed by atoms with Crippen LogP contribution in [0.5, 0.6) is 0 Å². The van der Waals surface area contributed by atoms with E-state index < -0.39 is 0 Å². The molecule has 2 heteroatoms. The van der Waals surface area contributed by atoms with Gasteiger partial charge in [-0.2, -0.15) is 0 Å². The molecule has 0 unspecified atom stereocenters. The van der Waals surface area contributed by atoms with Crippen LogP contribution in [0.4, 0.5) is 0 Å². The summed E-state index contributed by atoms with van der Waals surface area (Å²) < 4.78 is 5.48. The van der Waals surface area contributed by atoms with E-state index in [4.69, 9.17) is 0 Å². The molecule has 250 valence electrons. The number of benzene rings is 10. The highest BCUT2D eigenvalue weighted by Crippen LogP contribution is 2.46. The van der Waals surface area contributed by atoms with E-state index in [-0.39, 0.29) is 0 Å². The molecule has 0 radical (unpaired) electrons. The van der Waals surface area contributed by atoms with Crippen molar-refractivity contribution in [2.75, 3.05) is 0 Å². The van der Waals surface area contributed by atoms with Crippen molar-refractivity contribution in [3.63, 3.8) is 0 Å². The lowest BCUT2D eigenvalue weighted by Gasteiger charge is -2.18. The molecule has 0 aliphatic heterocycles. The van der Waals surface area contributed by atoms with E-state index in [9.17, 15) is 0 Å². The third-order valence-electron chi connectivity index (χ3n) is 11.4. The Bertz CT molecular complexity index is 3430. The van der Waals surface area contributed by atoms with Gasteiger partial charge in [-0.3, -0.25) is 0 Å². The second kappa shape index (κ2) is 11.6. The summed E-state index contributed by atoms with van der Waals surface area (Å²) in [5.41, 5.74) is 7.57. The maximum atomic E-state index is 2.41. The van der Waals surface area contributed by atoms with Gasteiger partial charge in [0.1, 0.15) is 0 Å². The van der Waals surface area contributed by atoms with Crippen molar-refractivity contribution in [3.05, 3.63) is 182 Å². The van der Waals surface area contributed by atoms with Crippen molar-refractivity contribution in [1.29, 1.82) is 0 Å². The van der Waals surface area contributed by atoms with Crippen LogP contribution in [-0.4, -0.2) is 0 Å². The molecule has 12 aromatic rings. The minimum Gasteiger partial charge on any atom is -0.135 e. The normalized spacial score (nSPS) is 12.1. The van der Waals surface area contributed by atoms with Crippen molar-refractivity contribution in [1.82, 2.24) is 0 Å². The number of fused-ring (bicyclic) bond motifs is 11. The van der Waals surface area contributed by atoms with E-state index in [1.54, 1.807) is 0 Å². The summed E-state index contributed by atoms with van der Waals surface area (Å²) in [7, 11) is 0. The van der Waals surface area contributed by atoms with E-state index in [0.717, 1.165) is 0 Å². The molecule has 0 nitrogen and oxygen atoms in total. The Morgan fingerprint density at radius 3 is 1.48 bits per heavy atom. The number of rotatable bonds is 3. The maximum Gasteiger partial charge on any atom is 0.0448 e. The molecule has 0 fully saturated rings. The molecule has 0 aliphatic rings. The molecule has 0 amide bonds. The maximum absolute atomic E-state index is 2.41. The average Bonchev–Trinajstić information content (AvgIpc) is 3.79. The predicted molar refractivity (Wildman–Crippen MR) is 239 cm³/mol. The Labute approximate surface area is 319 Å². The minimum absolute atomic E-state index is 1.24. The quantitative estimate of drug-likeness (QED) is 0.160. The topological polar surface area (TPSA) is 0 Å². The molecule has 0 aliphatic carbocycles. The number of hydrogen-bond donors (Lipinski definition) is 0. The van der Waals surface area contributed by atoms with Gasteiger partial charge in [-0.25, -0.2) is 0 Å². The van der Waals surface area contributed by atoms with Crippen LogP contribution in [0.1, 0.15) is 0 Å². The molecule has 12 rings (SSSR count). The van der Waals surface area contributed by atoms with Crippen LogP contribution in [0, 0.1) is 0 Å². The lowest BCUT2D eigenvalue weighted by atomic mass is 9.85. The fraction of sp³-hybridized carbons (Fsp3) is 0. The van der Waals surface area contributed by atoms with Crippen LogP contribution in [0.15, 0.2) is 182 Å². The molecular formula is C52H30S2. The largest absolute Gasteiger partial charge is 0.135 e. The van der Waals surface area contributed by atoms with Crippen molar-refractivity contribution >= 4 is 106 Å². The van der Waals surface area contributed by atoms with Gasteiger partial charge in [0.25, 0.3) is 0 Å². The third-order valence-corrected chi connectivity index (χ3v) is 13.7. The molecule has 0 saturated carbocycles. The SMILES string of the molecule is c1ccc(-c2c3ccccc3c(-c3ccc4cc(-c5ccc6cc7c(cc6c5)sc5c7ccc6sc7ccccc7c65)ccc4c3)c3ccccc23)cc1. The van der Waals surface area contributed by atoms with Crippen LogP contribution in [-0.2, 0) is 0 Å². The van der Waals surface area contributed by atoms with E-state index in [1.165, 1.54) is 117 Å². The Balaban J connectivity index is 0.970. The van der Waals surface area contributed by atoms with E-state index in [2.05, 4.69) is 182 Å². The van der Waals surface area contributed by atoms with Gasteiger partial charge < -0.3 is 0 Å². The van der Waals surface area contributed by atoms with E-state index in [1.807, 2.05) is 22.7 Å². The van der Waals surface area contributed by atoms with Gasteiger partial charge in [-0.1, -0.05) is 140 Å². The summed E-state index contributed by atoms with van der Waals surface area (Å²) in [5, 5.41) is 15.7. The smallest absolute Gasteiger partial charge is 0.0448 e. The fourth-order valence-electron chi connectivity index (χ4n) is 8.90. The van der Waals surface area contributed by atoms with Crippen LogP contribution < -0.4 is 0 Å². The lowest BCUT2D eigenvalue weighted by Crippen LogP contribution is -1.90. The summed E-state index contributed by atoms with van der Waals surface area (Å²) in [6.07, 6.45) is 0. The molecule has 54 heavy (non-hydrogen) atoms. The molecule has 2 heterocycles. The molecule has 0 saturated heterocycles. The first-order valence-corrected chi connectivity index (χ1v) is 20.1. The Morgan fingerprint density at radius 2 is 0.796 bits per heavy atom. The van der Waals surface area contributed by atoms with Crippen LogP contribution in [0.3, 0.4) is 0 Å². The van der Waals surface area contributed by atoms with Gasteiger partial charge in [0.2, 0.25) is 0 Å². The number of thiophene rings is 2. The summed E-state index contributed by atoms with van der Waals surface area (Å²) in [5.74, 6) is 0. The van der Waals surface area contributed by atoms with Gasteiger partial charge in [-0.15, -0.1) is 22.7 Å². The van der Waals surface area contributed by atoms with Gasteiger partial charge in [0.15, 0.2) is 0 Å². The fourth-order valence-corrected chi connectivity index (χ4v) is 11.4. The van der Waals surface area contributed by atoms with Crippen LogP contribution in [0.2, 0.25) is 0 Å². The molecule has 0 N–H and O–H groups in total. The standard InChI is InChI=1S/C52H30S2/c1-2-10-31(11-3-1)49-39-12-4-6-14-41(39)50(42-15-7-5-13-40(42)49)37-23-22-33-26-32(18-19-34(33)27-37)35-20-21-36-29-45-43-24-25-47-51(44-16-8-9-17-46(44)53-47)52(43)54-48(45)30-38(36)28-35/h1-30H. The molecule has 0 atom stereocenters. The van der Waals surface area contributed by atoms with E-state index >= 15 is 0 Å². The van der Waals surface area contributed by atoms with Crippen molar-refractivity contribution in [2.24, 2.45) is 0 Å². The zero-order valence-electron chi connectivity index (χ0n) is 29.1. The first-order chi connectivity index (χ1) is 26.7. The highest BCUT2D eigenvalue weighted by atomic mass is 32.1. The average molecular weight is 719 g/mol. The summed E-state index contributed by atoms with van der Waals surface area (Å²) >= 11 is 3.83. The lowest BCUT2D eigenvalue weighted by molar-refractivity contribution is 1.66. The minimum atomic E-state index is 1.24. The Morgan fingerprint density at radius 1 is 0.259 bits per heavy atom. The second-order valence-electron chi connectivity index (χ2n) is 14.4. The first kappa shape index (κ1) is 30.2. The molecule has 0 spiro atoms. The van der Waals surface area contributed by atoms with Crippen molar-refractivity contribution in [2.45, 2.75) is 0 Å². The highest BCUT2D eigenvalue weighted by Gasteiger charge is 2.17. The van der Waals surface area contributed by atoms with Crippen molar-refractivity contribution < 1.29 is 0 Å². The second-order valence-corrected chi connectivity index (χ2v) is 16.5. The molecule has 0 bridgehead atoms. The predicted octanol–water partition coefficient (Wildman–Crippen LogP) is 16.0. The Hall–Kier alpha value is -6.32. The summed E-state index contributed by atoms with van der Waals surface area (Å²) in [4.78, 5) is 0. The Kier molecular flexibility index (Phi) is 6.48. The third kappa shape index (κ3) is 4.48. The monoisotopic (exact) mass is 718 g/mol. The molecular weight excluding hydrogens is 689 g/mol. The first-order valence-electron chi connectivity index (χ1n) is 18.5. The number of hydrogen-bond acceptors (Lipinski definition) is 2. The van der Waals surface area contributed by atoms with E-state index in [0.29, 0.717) is 0 Å². The highest BCUT2D eigenvalue weighted by molar-refractivity contribution is 7.29.